The van der Waals surface area contributed by atoms with Crippen molar-refractivity contribution >= 4 is 68.0 Å². The molecule has 0 spiro atoms. The predicted octanol–water partition coefficient (Wildman–Crippen LogP) is -1.11. The van der Waals surface area contributed by atoms with E-state index in [-0.39, 0.29) is 6.54 Å². The van der Waals surface area contributed by atoms with Crippen LogP contribution in [0.25, 0.3) is 0 Å². The molecule has 0 aliphatic rings. The van der Waals surface area contributed by atoms with E-state index >= 15 is 0 Å². The third kappa shape index (κ3) is 11.1. The molecule has 2 atom stereocenters. The molecule has 0 fully saturated rings. The van der Waals surface area contributed by atoms with Gasteiger partial charge in [-0.05, 0) is 0 Å². The molecule has 6 N–H and O–H groups in total. The zero-order valence-corrected chi connectivity index (χ0v) is 20.8. The zero-order chi connectivity index (χ0) is 19.2. The number of halogens is 1. The third-order valence-electron chi connectivity index (χ3n) is 3.01. The number of nitrogens with one attached hydrogen (secondary N) is 2. The van der Waals surface area contributed by atoms with Crippen LogP contribution in [0.3, 0.4) is 0 Å². The Morgan fingerprint density at radius 1 is 1.48 bits per heavy atom. The van der Waals surface area contributed by atoms with Crippen LogP contribution in [-0.4, -0.2) is 81.7 Å². The van der Waals surface area contributed by atoms with Crippen LogP contribution in [0, 0.1) is 4.91 Å². The topological polar surface area (TPSA) is 164 Å². The Morgan fingerprint density at radius 3 is 2.72 bits per heavy atom. The van der Waals surface area contributed by atoms with Gasteiger partial charge in [-0.1, -0.05) is 0 Å². The first kappa shape index (κ1) is 24.7. The second-order valence-corrected chi connectivity index (χ2v) is 12.0. The van der Waals surface area contributed by atoms with Gasteiger partial charge in [0.1, 0.15) is 12.1 Å². The van der Waals surface area contributed by atoms with Crippen LogP contribution in [0.4, 0.5) is 0 Å². The van der Waals surface area contributed by atoms with Gasteiger partial charge in [0, 0.05) is 11.6 Å². The zero-order valence-electron chi connectivity index (χ0n) is 13.9. The van der Waals surface area contributed by atoms with E-state index in [0.717, 1.165) is 0 Å². The second kappa shape index (κ2) is 14.9. The van der Waals surface area contributed by atoms with Gasteiger partial charge in [-0.15, -0.1) is 4.91 Å². The molecule has 0 aliphatic heterocycles. The summed E-state index contributed by atoms with van der Waals surface area (Å²) in [6, 6.07) is -1.58. The van der Waals surface area contributed by atoms with Gasteiger partial charge in [0.25, 0.3) is 0 Å². The number of nitroso groups, excluding NO2 is 1. The number of nitrogens with zero attached hydrogens (tertiary/aromatic N) is 3. The van der Waals surface area contributed by atoms with Crippen molar-refractivity contribution in [1.29, 1.82) is 0 Å². The first-order valence-electron chi connectivity index (χ1n) is 7.12. The minimum atomic E-state index is -0.857. The number of hydrogen-bond acceptors (Lipinski definition) is 9. The minimum Gasteiger partial charge on any atom is -0.136 e. The Bertz CT molecular complexity index is 474. The summed E-state index contributed by atoms with van der Waals surface area (Å²) in [5.74, 6) is -0.560. The number of guanidine groups is 1. The van der Waals surface area contributed by atoms with Gasteiger partial charge in [-0.2, -0.15) is 0 Å². The summed E-state index contributed by atoms with van der Waals surface area (Å²) in [4.78, 5) is 38.1. The Balaban J connectivity index is 4.33. The SMILES string of the molecule is COC(=O)C(CNC(=O)C(N)CCCN=C(N)[NH][Pb][I])N(C)SN=O. The van der Waals surface area contributed by atoms with Crippen molar-refractivity contribution in [3.8, 4) is 0 Å². The molecular weight excluding hydrogens is 660 g/mol. The number of carbonyl (C=O) groups excluding carboxylic acids is 2. The van der Waals surface area contributed by atoms with Crippen molar-refractivity contribution in [1.82, 2.24) is 12.7 Å². The van der Waals surface area contributed by atoms with Crippen molar-refractivity contribution in [3.05, 3.63) is 4.91 Å². The van der Waals surface area contributed by atoms with Crippen LogP contribution in [0.15, 0.2) is 9.57 Å². The van der Waals surface area contributed by atoms with E-state index in [1.807, 2.05) is 0 Å². The smallest absolute Gasteiger partial charge is 0.136 e. The fraction of sp³-hybridized carbons (Fsp3) is 0.727. The molecule has 142 valence electrons. The maximum absolute atomic E-state index is 12.0. The van der Waals surface area contributed by atoms with Gasteiger partial charge in [-0.3, -0.25) is 4.79 Å². The summed E-state index contributed by atoms with van der Waals surface area (Å²) in [7, 11) is 2.72. The number of nitrogens with two attached hydrogens (primary N) is 2. The molecule has 25 heavy (non-hydrogen) atoms. The van der Waals surface area contributed by atoms with Crippen molar-refractivity contribution < 1.29 is 14.3 Å². The predicted molar refractivity (Wildman–Crippen MR) is 107 cm³/mol. The van der Waals surface area contributed by atoms with Crippen molar-refractivity contribution in [2.75, 3.05) is 27.2 Å². The number of methoxy groups -OCH3 is 1. The fourth-order valence-corrected chi connectivity index (χ4v) is 5.15. The number of ether oxygens (including phenoxy) is 1. The van der Waals surface area contributed by atoms with Crippen LogP contribution >= 0.6 is 29.9 Å². The van der Waals surface area contributed by atoms with E-state index < -0.39 is 44.2 Å². The molecule has 2 radical (unpaired) electrons. The Labute approximate surface area is 172 Å². The molecule has 1 amide bonds. The standard InChI is InChI=1S/C11H23N7O4S.HI.Pb/c1-18(23-17-21)8(10(20)22-2)6-16-9(19)7(12)4-3-5-15-11(13)14;;/h7-8H,3-6,12H2,1-2H3,(H5,13,14,15,16,19);1H;/q;;+2/p-2. The first-order chi connectivity index (χ1) is 11.9. The molecule has 14 heteroatoms. The average Bonchev–Trinajstić information content (AvgIpc) is 2.58. The molecule has 0 aromatic heterocycles. The molecule has 0 aromatic carbocycles. The maximum atomic E-state index is 12.0. The number of hydrogen-bond donors (Lipinski definition) is 4. The molecule has 0 rings (SSSR count). The Morgan fingerprint density at radius 2 is 2.16 bits per heavy atom. The Kier molecular flexibility index (Phi) is 14.7. The van der Waals surface area contributed by atoms with Crippen LogP contribution in [0.5, 0.6) is 0 Å². The summed E-state index contributed by atoms with van der Waals surface area (Å²) in [6.45, 7) is 0.435. The molecule has 0 heterocycles. The molecule has 0 bridgehead atoms. The van der Waals surface area contributed by atoms with Gasteiger partial charge in [0.05, 0.1) is 7.11 Å². The number of rotatable bonds is 12. The van der Waals surface area contributed by atoms with Crippen molar-refractivity contribution in [3.63, 3.8) is 0 Å². The van der Waals surface area contributed by atoms with Gasteiger partial charge in [0.2, 0.25) is 0 Å². The van der Waals surface area contributed by atoms with Crippen LogP contribution in [-0.2, 0) is 14.3 Å². The van der Waals surface area contributed by atoms with Crippen LogP contribution in [0.1, 0.15) is 12.8 Å². The number of carbonyl (C=O) groups is 2. The van der Waals surface area contributed by atoms with Gasteiger partial charge in [-0.25, -0.2) is 0 Å². The minimum absolute atomic E-state index is 0.0462. The normalized spacial score (nSPS) is 13.9. The van der Waals surface area contributed by atoms with Gasteiger partial charge < -0.3 is 4.74 Å². The molecule has 0 aromatic rings. The average molecular weight is 683 g/mol. The number of amides is 1. The van der Waals surface area contributed by atoms with Crippen molar-refractivity contribution in [2.45, 2.75) is 24.9 Å². The van der Waals surface area contributed by atoms with E-state index in [9.17, 15) is 14.5 Å². The second-order valence-electron chi connectivity index (χ2n) is 4.72. The van der Waals surface area contributed by atoms with E-state index in [1.165, 1.54) is 18.5 Å². The number of likely N-dealkylation sites (N-methyl/N-ethyl adjacent to an activating group) is 1. The summed E-state index contributed by atoms with van der Waals surface area (Å²) < 4.78 is 11.6. The van der Waals surface area contributed by atoms with E-state index in [2.05, 4.69) is 40.5 Å². The van der Waals surface area contributed by atoms with Crippen LogP contribution < -0.4 is 19.9 Å². The Hall–Kier alpha value is -0.268. The first-order valence-corrected chi connectivity index (χ1v) is 20.7. The quantitative estimate of drug-likeness (QED) is 0.0292. The fourth-order valence-electron chi connectivity index (χ4n) is 1.66. The summed E-state index contributed by atoms with van der Waals surface area (Å²) in [5.41, 5.74) is 11.4. The summed E-state index contributed by atoms with van der Waals surface area (Å²) in [6.07, 6.45) is 1.04. The van der Waals surface area contributed by atoms with Gasteiger partial charge in [0.15, 0.2) is 0 Å². The monoisotopic (exact) mass is 683 g/mol. The molecule has 0 saturated heterocycles. The summed E-state index contributed by atoms with van der Waals surface area (Å²) >= 11 is 2.00. The van der Waals surface area contributed by atoms with E-state index in [0.29, 0.717) is 37.5 Å². The van der Waals surface area contributed by atoms with Crippen molar-refractivity contribution in [2.24, 2.45) is 21.0 Å². The molecule has 0 saturated carbocycles. The number of esters is 1. The molecule has 2 unspecified atom stereocenters. The third-order valence-corrected chi connectivity index (χ3v) is 7.32. The van der Waals surface area contributed by atoms with E-state index in [4.69, 9.17) is 11.5 Å². The number of aliphatic imine (C=N–C) groups is 1. The molecule has 11 nitrogen and oxygen atoms in total. The van der Waals surface area contributed by atoms with Crippen LogP contribution in [0.2, 0.25) is 0 Å². The molecule has 0 aliphatic carbocycles. The summed E-state index contributed by atoms with van der Waals surface area (Å²) in [5, 5.41) is 2.58. The van der Waals surface area contributed by atoms with E-state index in [1.54, 1.807) is 0 Å². The molecular formula is C11H22IN7O4PbS. The van der Waals surface area contributed by atoms with Gasteiger partial charge >= 0.3 is 128 Å².